The van der Waals surface area contributed by atoms with Crippen LogP contribution in [-0.2, 0) is 20.9 Å². The quantitative estimate of drug-likeness (QED) is 0.0692. The number of aliphatic hydroxyl groups is 2. The van der Waals surface area contributed by atoms with Crippen LogP contribution in [-0.4, -0.2) is 71.8 Å². The van der Waals surface area contributed by atoms with E-state index in [-0.39, 0.29) is 56.2 Å². The van der Waals surface area contributed by atoms with Crippen LogP contribution in [0.5, 0.6) is 28.7 Å². The molecule has 6 atom stereocenters. The molecule has 2 heterocycles. The van der Waals surface area contributed by atoms with Gasteiger partial charge in [-0.25, -0.2) is 0 Å². The maximum Gasteiger partial charge on any atom is 0.239 e. The van der Waals surface area contributed by atoms with E-state index in [0.717, 1.165) is 72.2 Å². The number of hydrogen-bond donors (Lipinski definition) is 2. The minimum atomic E-state index is -1.34. The average molecular weight is 821 g/mol. The monoisotopic (exact) mass is 820 g/mol. The van der Waals surface area contributed by atoms with Crippen molar-refractivity contribution in [3.63, 3.8) is 0 Å². The van der Waals surface area contributed by atoms with Crippen LogP contribution < -0.4 is 18.9 Å². The number of fused-ring (bicyclic) bond motifs is 3. The highest BCUT2D eigenvalue weighted by molar-refractivity contribution is 6.03. The van der Waals surface area contributed by atoms with Crippen molar-refractivity contribution in [1.29, 1.82) is 0 Å². The lowest BCUT2D eigenvalue weighted by molar-refractivity contribution is -0.258. The highest BCUT2D eigenvalue weighted by Gasteiger charge is 2.66. The van der Waals surface area contributed by atoms with Gasteiger partial charge in [0.1, 0.15) is 29.9 Å². The van der Waals surface area contributed by atoms with E-state index in [9.17, 15) is 15.0 Å². The van der Waals surface area contributed by atoms with Crippen molar-refractivity contribution in [2.75, 3.05) is 33.2 Å². The Morgan fingerprint density at radius 1 is 0.933 bits per heavy atom. The van der Waals surface area contributed by atoms with E-state index in [4.69, 9.17) is 33.7 Å². The summed E-state index contributed by atoms with van der Waals surface area (Å²) >= 11 is 0. The van der Waals surface area contributed by atoms with Gasteiger partial charge in [0.2, 0.25) is 18.5 Å². The van der Waals surface area contributed by atoms with Crippen LogP contribution in [0.25, 0.3) is 0 Å². The Bertz CT molecular complexity index is 2090. The molecule has 11 nitrogen and oxygen atoms in total. The summed E-state index contributed by atoms with van der Waals surface area (Å²) in [6, 6.07) is 17.5. The van der Waals surface area contributed by atoms with Crippen LogP contribution >= 0.6 is 0 Å². The van der Waals surface area contributed by atoms with Crippen molar-refractivity contribution in [2.45, 2.75) is 103 Å². The first kappa shape index (κ1) is 41.9. The van der Waals surface area contributed by atoms with Crippen LogP contribution in [0, 0.1) is 37.5 Å². The molecule has 11 heteroatoms. The third-order valence-corrected chi connectivity index (χ3v) is 13.0. The first-order valence-electron chi connectivity index (χ1n) is 21.9. The molecular formula is C49H60N2O9. The summed E-state index contributed by atoms with van der Waals surface area (Å²) in [5.74, 6) is 1.77. The van der Waals surface area contributed by atoms with Crippen molar-refractivity contribution >= 4 is 11.6 Å². The predicted molar refractivity (Wildman–Crippen MR) is 228 cm³/mol. The number of amides is 1. The molecule has 1 amide bonds. The van der Waals surface area contributed by atoms with Gasteiger partial charge in [-0.3, -0.25) is 4.79 Å². The van der Waals surface area contributed by atoms with Crippen molar-refractivity contribution in [3.8, 4) is 28.7 Å². The van der Waals surface area contributed by atoms with Gasteiger partial charge in [-0.1, -0.05) is 42.3 Å². The topological polar surface area (TPSA) is 129 Å². The van der Waals surface area contributed by atoms with Crippen LogP contribution in [0.4, 0.5) is 0 Å². The summed E-state index contributed by atoms with van der Waals surface area (Å²) in [6.45, 7) is 11.5. The summed E-state index contributed by atoms with van der Waals surface area (Å²) in [6.07, 6.45) is 10.9. The molecule has 3 aromatic rings. The number of aliphatic hydroxyl groups excluding tert-OH is 2. The molecule has 2 fully saturated rings. The fourth-order valence-electron chi connectivity index (χ4n) is 9.91. The third-order valence-electron chi connectivity index (χ3n) is 13.0. The third kappa shape index (κ3) is 8.41. The van der Waals surface area contributed by atoms with Gasteiger partial charge >= 0.3 is 0 Å². The molecule has 2 saturated carbocycles. The van der Waals surface area contributed by atoms with Crippen molar-refractivity contribution < 1.29 is 43.5 Å². The molecule has 60 heavy (non-hydrogen) atoms. The largest absolute Gasteiger partial charge is 0.459 e. The lowest BCUT2D eigenvalue weighted by Crippen LogP contribution is -2.70. The number of unbranched alkanes of at least 4 members (excludes halogenated alkanes) is 2. The van der Waals surface area contributed by atoms with E-state index < -0.39 is 17.7 Å². The zero-order valence-electron chi connectivity index (χ0n) is 35.3. The Hall–Kier alpha value is -4.84. The number of nitrogens with zero attached hydrogens (tertiary/aromatic N) is 2. The van der Waals surface area contributed by atoms with Gasteiger partial charge in [0.15, 0.2) is 11.5 Å². The molecule has 0 saturated heterocycles. The number of carbonyl (C=O) groups is 1. The molecule has 3 aliphatic carbocycles. The van der Waals surface area contributed by atoms with Gasteiger partial charge < -0.3 is 43.6 Å². The summed E-state index contributed by atoms with van der Waals surface area (Å²) < 4.78 is 32.6. The predicted octanol–water partition coefficient (Wildman–Crippen LogP) is 8.92. The molecule has 5 aliphatic rings. The Balaban J connectivity index is 1.32. The Morgan fingerprint density at radius 3 is 2.43 bits per heavy atom. The van der Waals surface area contributed by atoms with Gasteiger partial charge in [0.05, 0.1) is 18.2 Å². The Labute approximate surface area is 353 Å². The second kappa shape index (κ2) is 18.4. The molecule has 0 spiro atoms. The van der Waals surface area contributed by atoms with E-state index in [1.807, 2.05) is 48.2 Å². The molecule has 2 aliphatic heterocycles. The van der Waals surface area contributed by atoms with Gasteiger partial charge in [-0.05, 0) is 136 Å². The zero-order valence-corrected chi connectivity index (χ0v) is 35.3. The highest BCUT2D eigenvalue weighted by Crippen LogP contribution is 2.62. The van der Waals surface area contributed by atoms with E-state index in [1.54, 1.807) is 6.08 Å². The number of oxime groups is 1. The van der Waals surface area contributed by atoms with Crippen molar-refractivity contribution in [1.82, 2.24) is 4.90 Å². The Morgan fingerprint density at radius 2 is 1.68 bits per heavy atom. The second-order valence-corrected chi connectivity index (χ2v) is 17.0. The Kier molecular flexibility index (Phi) is 12.9. The van der Waals surface area contributed by atoms with E-state index >= 15 is 0 Å². The zero-order chi connectivity index (χ0) is 41.8. The molecule has 2 N–H and O–H groups in total. The van der Waals surface area contributed by atoms with E-state index in [1.165, 1.54) is 5.56 Å². The number of allylic oxidation sites excluding steroid dienone is 1. The summed E-state index contributed by atoms with van der Waals surface area (Å²) in [5.41, 5.74) is 6.06. The van der Waals surface area contributed by atoms with Crippen LogP contribution in [0.1, 0.15) is 92.9 Å². The molecule has 8 rings (SSSR count). The molecule has 0 unspecified atom stereocenters. The maximum absolute atomic E-state index is 14.8. The number of carbonyl (C=O) groups excluding carboxylic acids is 1. The van der Waals surface area contributed by atoms with E-state index in [2.05, 4.69) is 44.7 Å². The molecule has 0 radical (unpaired) electrons. The summed E-state index contributed by atoms with van der Waals surface area (Å²) in [4.78, 5) is 22.7. The fraction of sp³-hybridized carbons (Fsp3) is 0.510. The van der Waals surface area contributed by atoms with Crippen LogP contribution in [0.15, 0.2) is 84.1 Å². The van der Waals surface area contributed by atoms with Gasteiger partial charge in [0.25, 0.3) is 0 Å². The number of rotatable bonds is 19. The first-order chi connectivity index (χ1) is 29.3. The standard InChI is InChI=1S/C49H60N2O9/c1-5-23-57-49-45(51(48(54)34-15-16-34)29-33-14-19-43-44(25-33)56-30-55-43)28-41(50-58-6-2)39-26-35(11-7-9-21-52)38(12-8-10-22-53)46(47(39)49)40-27-37(18-20-42(40)60-49)59-36-17-13-31(3)32(4)24-36/h5,13-14,17-20,24-27,34-35,38,45-47,52-53H,1,6-12,15-16,21-23,28-30H2,2-4H3/t35-,38+,45-,46+,47+,49+/m0/s1. The first-order valence-corrected chi connectivity index (χ1v) is 21.9. The van der Waals surface area contributed by atoms with Gasteiger partial charge in [-0.2, -0.15) is 0 Å². The normalized spacial score (nSPS) is 25.4. The van der Waals surface area contributed by atoms with Crippen LogP contribution in [0.3, 0.4) is 0 Å². The van der Waals surface area contributed by atoms with Crippen LogP contribution in [0.2, 0.25) is 0 Å². The number of hydrogen-bond acceptors (Lipinski definition) is 10. The van der Waals surface area contributed by atoms with E-state index in [0.29, 0.717) is 55.4 Å². The van der Waals surface area contributed by atoms with Crippen molar-refractivity contribution in [2.24, 2.45) is 28.8 Å². The smallest absolute Gasteiger partial charge is 0.239 e. The SMILES string of the molecule is C=CCO[C@@]12Oc3ccc(Oc4ccc(C)c(C)c4)cc3[C@H]3[C@H](CCCCO)[C@@H](CCCCO)C=C(C(=NOCC)C[C@@H]1N(Cc1ccc4c(c1)OCO4)C(=O)C1CC1)[C@H]32. The molecule has 0 aromatic heterocycles. The van der Waals surface area contributed by atoms with Gasteiger partial charge in [0, 0.05) is 43.6 Å². The number of benzene rings is 3. The number of aryl methyl sites for hydroxylation is 2. The number of ether oxygens (including phenoxy) is 5. The minimum absolute atomic E-state index is 0.0581. The molecule has 320 valence electrons. The van der Waals surface area contributed by atoms with Gasteiger partial charge in [-0.15, -0.1) is 6.58 Å². The minimum Gasteiger partial charge on any atom is -0.459 e. The highest BCUT2D eigenvalue weighted by atomic mass is 16.7. The summed E-state index contributed by atoms with van der Waals surface area (Å²) in [5, 5.41) is 24.7. The molecular weight excluding hydrogens is 761 g/mol. The van der Waals surface area contributed by atoms with Crippen molar-refractivity contribution in [3.05, 3.63) is 101 Å². The maximum atomic E-state index is 14.8. The lowest BCUT2D eigenvalue weighted by atomic mass is 9.55. The fourth-order valence-corrected chi connectivity index (χ4v) is 9.91. The lowest BCUT2D eigenvalue weighted by Gasteiger charge is -2.60. The summed E-state index contributed by atoms with van der Waals surface area (Å²) in [7, 11) is 0. The molecule has 3 aromatic carbocycles. The average Bonchev–Trinajstić information content (AvgIpc) is 4.00. The molecule has 0 bridgehead atoms. The second-order valence-electron chi connectivity index (χ2n) is 17.0.